The highest BCUT2D eigenvalue weighted by molar-refractivity contribution is 5.95. The zero-order valence-electron chi connectivity index (χ0n) is 14.9. The van der Waals surface area contributed by atoms with Crippen molar-refractivity contribution < 1.29 is 9.72 Å². The fourth-order valence-corrected chi connectivity index (χ4v) is 3.23. The maximum atomic E-state index is 12.7. The number of anilines is 2. The molecule has 0 radical (unpaired) electrons. The van der Waals surface area contributed by atoms with Gasteiger partial charge < -0.3 is 15.1 Å². The molecule has 1 heterocycles. The zero-order chi connectivity index (χ0) is 18.7. The molecule has 3 rings (SSSR count). The summed E-state index contributed by atoms with van der Waals surface area (Å²) in [5, 5.41) is 13.9. The van der Waals surface area contributed by atoms with Gasteiger partial charge in [0.05, 0.1) is 4.92 Å². The van der Waals surface area contributed by atoms with Crippen LogP contribution in [-0.2, 0) is 0 Å². The number of nitrogens with one attached hydrogen (secondary N) is 1. The third-order valence-corrected chi connectivity index (χ3v) is 4.75. The Morgan fingerprint density at radius 1 is 1.12 bits per heavy atom. The summed E-state index contributed by atoms with van der Waals surface area (Å²) in [6, 6.07) is 12.7. The van der Waals surface area contributed by atoms with E-state index in [1.807, 2.05) is 36.1 Å². The maximum Gasteiger partial charge on any atom is 0.292 e. The molecule has 1 aliphatic heterocycles. The Balaban J connectivity index is 1.70. The van der Waals surface area contributed by atoms with Crippen LogP contribution >= 0.6 is 0 Å². The Morgan fingerprint density at radius 3 is 2.42 bits per heavy atom. The predicted molar refractivity (Wildman–Crippen MR) is 102 cm³/mol. The number of hydrogen-bond acceptors (Lipinski definition) is 5. The SMILES string of the molecule is CNc1cc(N2CCN(C(=O)c3ccccc3C)CC2)ccc1[N+](=O)[O-]. The quantitative estimate of drug-likeness (QED) is 0.675. The summed E-state index contributed by atoms with van der Waals surface area (Å²) in [4.78, 5) is 27.4. The first-order valence-corrected chi connectivity index (χ1v) is 8.57. The average Bonchev–Trinajstić information content (AvgIpc) is 2.67. The zero-order valence-corrected chi connectivity index (χ0v) is 14.9. The molecule has 2 aromatic carbocycles. The van der Waals surface area contributed by atoms with Gasteiger partial charge in [0.2, 0.25) is 0 Å². The van der Waals surface area contributed by atoms with Gasteiger partial charge in [-0.1, -0.05) is 18.2 Å². The molecule has 136 valence electrons. The molecule has 0 unspecified atom stereocenters. The van der Waals surface area contributed by atoms with Crippen molar-refractivity contribution in [3.63, 3.8) is 0 Å². The van der Waals surface area contributed by atoms with Crippen LogP contribution in [0.1, 0.15) is 15.9 Å². The fraction of sp³-hybridized carbons (Fsp3) is 0.316. The molecule has 1 amide bonds. The summed E-state index contributed by atoms with van der Waals surface area (Å²) in [6.07, 6.45) is 0. The molecule has 26 heavy (non-hydrogen) atoms. The second kappa shape index (κ2) is 7.43. The number of carbonyl (C=O) groups excluding carboxylic acids is 1. The Morgan fingerprint density at radius 2 is 1.81 bits per heavy atom. The minimum Gasteiger partial charge on any atom is -0.383 e. The summed E-state index contributed by atoms with van der Waals surface area (Å²) >= 11 is 0. The van der Waals surface area contributed by atoms with Gasteiger partial charge in [0.1, 0.15) is 5.69 Å². The second-order valence-electron chi connectivity index (χ2n) is 6.30. The summed E-state index contributed by atoms with van der Waals surface area (Å²) in [7, 11) is 1.67. The van der Waals surface area contributed by atoms with Crippen molar-refractivity contribution in [1.82, 2.24) is 4.90 Å². The fourth-order valence-electron chi connectivity index (χ4n) is 3.23. The van der Waals surface area contributed by atoms with Gasteiger partial charge in [-0.25, -0.2) is 0 Å². The van der Waals surface area contributed by atoms with Crippen molar-refractivity contribution in [2.45, 2.75) is 6.92 Å². The second-order valence-corrected chi connectivity index (χ2v) is 6.30. The maximum absolute atomic E-state index is 12.7. The summed E-state index contributed by atoms with van der Waals surface area (Å²) in [6.45, 7) is 4.58. The highest BCUT2D eigenvalue weighted by Gasteiger charge is 2.24. The lowest BCUT2D eigenvalue weighted by molar-refractivity contribution is -0.383. The van der Waals surface area contributed by atoms with Crippen LogP contribution in [0.2, 0.25) is 0 Å². The number of carbonyl (C=O) groups is 1. The van der Waals surface area contributed by atoms with Crippen molar-refractivity contribution in [2.24, 2.45) is 0 Å². The molecule has 1 saturated heterocycles. The van der Waals surface area contributed by atoms with Gasteiger partial charge in [-0.15, -0.1) is 0 Å². The van der Waals surface area contributed by atoms with E-state index < -0.39 is 4.92 Å². The van der Waals surface area contributed by atoms with Gasteiger partial charge in [-0.2, -0.15) is 0 Å². The number of amides is 1. The van der Waals surface area contributed by atoms with Crippen LogP contribution in [0.15, 0.2) is 42.5 Å². The van der Waals surface area contributed by atoms with Gasteiger partial charge in [-0.3, -0.25) is 14.9 Å². The van der Waals surface area contributed by atoms with Gasteiger partial charge in [0.15, 0.2) is 0 Å². The average molecular weight is 354 g/mol. The molecule has 0 spiro atoms. The van der Waals surface area contributed by atoms with Crippen LogP contribution in [0, 0.1) is 17.0 Å². The van der Waals surface area contributed by atoms with E-state index in [1.54, 1.807) is 19.2 Å². The molecule has 1 aliphatic rings. The van der Waals surface area contributed by atoms with Crippen molar-refractivity contribution >= 4 is 23.0 Å². The molecular weight excluding hydrogens is 332 g/mol. The standard InChI is InChI=1S/C19H22N4O3/c1-14-5-3-4-6-16(14)19(24)22-11-9-21(10-12-22)15-7-8-18(23(25)26)17(13-15)20-2/h3-8,13,20H,9-12H2,1-2H3. The molecule has 2 aromatic rings. The van der Waals surface area contributed by atoms with Crippen molar-refractivity contribution in [3.05, 3.63) is 63.7 Å². The molecule has 0 aromatic heterocycles. The molecule has 0 bridgehead atoms. The monoisotopic (exact) mass is 354 g/mol. The Labute approximate surface area is 152 Å². The number of piperazine rings is 1. The van der Waals surface area contributed by atoms with Gasteiger partial charge >= 0.3 is 0 Å². The summed E-state index contributed by atoms with van der Waals surface area (Å²) < 4.78 is 0. The predicted octanol–water partition coefficient (Wildman–Crippen LogP) is 2.91. The highest BCUT2D eigenvalue weighted by Crippen LogP contribution is 2.29. The van der Waals surface area contributed by atoms with E-state index in [2.05, 4.69) is 10.2 Å². The Hall–Kier alpha value is -3.09. The molecule has 1 fully saturated rings. The van der Waals surface area contributed by atoms with E-state index >= 15 is 0 Å². The van der Waals surface area contributed by atoms with Crippen LogP contribution in [0.3, 0.4) is 0 Å². The summed E-state index contributed by atoms with van der Waals surface area (Å²) in [5.41, 5.74) is 3.20. The third kappa shape index (κ3) is 3.46. The first-order valence-electron chi connectivity index (χ1n) is 8.57. The number of benzene rings is 2. The number of aryl methyl sites for hydroxylation is 1. The van der Waals surface area contributed by atoms with Crippen molar-refractivity contribution in [2.75, 3.05) is 43.4 Å². The van der Waals surface area contributed by atoms with Crippen LogP contribution in [0.5, 0.6) is 0 Å². The van der Waals surface area contributed by atoms with E-state index in [0.717, 1.165) is 16.8 Å². The normalized spacial score (nSPS) is 14.2. The Bertz CT molecular complexity index is 829. The molecule has 1 N–H and O–H groups in total. The topological polar surface area (TPSA) is 78.7 Å². The molecule has 0 saturated carbocycles. The highest BCUT2D eigenvalue weighted by atomic mass is 16.6. The van der Waals surface area contributed by atoms with E-state index in [-0.39, 0.29) is 11.6 Å². The van der Waals surface area contributed by atoms with E-state index in [1.165, 1.54) is 6.07 Å². The Kier molecular flexibility index (Phi) is 5.06. The van der Waals surface area contributed by atoms with Crippen LogP contribution < -0.4 is 10.2 Å². The first-order chi connectivity index (χ1) is 12.5. The lowest BCUT2D eigenvalue weighted by Gasteiger charge is -2.36. The first kappa shape index (κ1) is 17.7. The smallest absolute Gasteiger partial charge is 0.292 e. The number of nitrogens with zero attached hydrogens (tertiary/aromatic N) is 3. The van der Waals surface area contributed by atoms with Gasteiger partial charge in [0, 0.05) is 50.5 Å². The van der Waals surface area contributed by atoms with E-state index in [0.29, 0.717) is 31.9 Å². The molecule has 7 nitrogen and oxygen atoms in total. The summed E-state index contributed by atoms with van der Waals surface area (Å²) in [5.74, 6) is 0.0577. The minimum atomic E-state index is -0.394. The van der Waals surface area contributed by atoms with Crippen molar-refractivity contribution in [1.29, 1.82) is 0 Å². The lowest BCUT2D eigenvalue weighted by Crippen LogP contribution is -2.49. The van der Waals surface area contributed by atoms with E-state index in [9.17, 15) is 14.9 Å². The number of hydrogen-bond donors (Lipinski definition) is 1. The lowest BCUT2D eigenvalue weighted by atomic mass is 10.1. The number of nitro benzene ring substituents is 1. The van der Waals surface area contributed by atoms with Gasteiger partial charge in [0.25, 0.3) is 11.6 Å². The number of nitro groups is 1. The van der Waals surface area contributed by atoms with Gasteiger partial charge in [-0.05, 0) is 30.7 Å². The van der Waals surface area contributed by atoms with Crippen molar-refractivity contribution in [3.8, 4) is 0 Å². The van der Waals surface area contributed by atoms with Crippen LogP contribution in [0.25, 0.3) is 0 Å². The minimum absolute atomic E-state index is 0.0577. The molecular formula is C19H22N4O3. The van der Waals surface area contributed by atoms with Crippen LogP contribution in [0.4, 0.5) is 17.1 Å². The van der Waals surface area contributed by atoms with E-state index in [4.69, 9.17) is 0 Å². The molecule has 7 heteroatoms. The molecule has 0 aliphatic carbocycles. The largest absolute Gasteiger partial charge is 0.383 e. The third-order valence-electron chi connectivity index (χ3n) is 4.75. The van der Waals surface area contributed by atoms with Crippen LogP contribution in [-0.4, -0.2) is 49.0 Å². The number of rotatable bonds is 4. The molecule has 0 atom stereocenters.